The van der Waals surface area contributed by atoms with Crippen LogP contribution < -0.4 is 5.73 Å². The van der Waals surface area contributed by atoms with Crippen LogP contribution in [0.2, 0.25) is 0 Å². The van der Waals surface area contributed by atoms with E-state index in [2.05, 4.69) is 6.92 Å². The van der Waals surface area contributed by atoms with Crippen LogP contribution in [0.5, 0.6) is 0 Å². The second-order valence-electron chi connectivity index (χ2n) is 5.33. The molecule has 1 aromatic carbocycles. The minimum absolute atomic E-state index is 0.256. The lowest BCUT2D eigenvalue weighted by Crippen LogP contribution is -2.33. The van der Waals surface area contributed by atoms with Gasteiger partial charge in [-0.25, -0.2) is 8.78 Å². The Hall–Kier alpha value is -1.00. The number of rotatable bonds is 5. The molecule has 100 valence electrons. The summed E-state index contributed by atoms with van der Waals surface area (Å²) >= 11 is 0. The van der Waals surface area contributed by atoms with Gasteiger partial charge in [0, 0.05) is 24.7 Å². The highest BCUT2D eigenvalue weighted by Gasteiger charge is 2.34. The second-order valence-corrected chi connectivity index (χ2v) is 5.33. The topological polar surface area (TPSA) is 29.3 Å². The Morgan fingerprint density at radius 3 is 2.67 bits per heavy atom. The monoisotopic (exact) mass is 254 g/mol. The Kier molecular flexibility index (Phi) is 3.97. The first-order valence-electron chi connectivity index (χ1n) is 6.38. The molecule has 0 saturated heterocycles. The van der Waals surface area contributed by atoms with Crippen molar-refractivity contribution in [2.75, 3.05) is 20.1 Å². The summed E-state index contributed by atoms with van der Waals surface area (Å²) in [4.78, 5) is 2.03. The molecule has 0 aromatic heterocycles. The van der Waals surface area contributed by atoms with E-state index < -0.39 is 5.82 Å². The Morgan fingerprint density at radius 1 is 1.44 bits per heavy atom. The van der Waals surface area contributed by atoms with Crippen molar-refractivity contribution in [2.45, 2.75) is 19.4 Å². The number of likely N-dealkylation sites (N-methyl/N-ethyl adjacent to an activating group) is 1. The van der Waals surface area contributed by atoms with Gasteiger partial charge in [0.15, 0.2) is 0 Å². The van der Waals surface area contributed by atoms with Crippen molar-refractivity contribution in [1.82, 2.24) is 4.90 Å². The molecule has 4 heteroatoms. The molecule has 2 N–H and O–H groups in total. The Labute approximate surface area is 107 Å². The Balaban J connectivity index is 2.13. The summed E-state index contributed by atoms with van der Waals surface area (Å²) in [5.74, 6) is 0.601. The van der Waals surface area contributed by atoms with Gasteiger partial charge in [-0.3, -0.25) is 4.90 Å². The van der Waals surface area contributed by atoms with Gasteiger partial charge in [0.1, 0.15) is 11.6 Å². The predicted octanol–water partition coefficient (Wildman–Crippen LogP) is 2.55. The molecule has 3 atom stereocenters. The van der Waals surface area contributed by atoms with Gasteiger partial charge in [-0.2, -0.15) is 0 Å². The fourth-order valence-corrected chi connectivity index (χ4v) is 2.46. The first-order chi connectivity index (χ1) is 8.52. The Morgan fingerprint density at radius 2 is 2.11 bits per heavy atom. The molecule has 0 amide bonds. The fraction of sp³-hybridized carbons (Fsp3) is 0.571. The van der Waals surface area contributed by atoms with Crippen molar-refractivity contribution in [2.24, 2.45) is 17.6 Å². The number of hydrogen-bond acceptors (Lipinski definition) is 2. The van der Waals surface area contributed by atoms with Crippen LogP contribution in [-0.4, -0.2) is 25.0 Å². The third-order valence-electron chi connectivity index (χ3n) is 3.87. The van der Waals surface area contributed by atoms with Gasteiger partial charge in [-0.05, 0) is 43.5 Å². The maximum Gasteiger partial charge on any atom is 0.128 e. The van der Waals surface area contributed by atoms with E-state index in [1.165, 1.54) is 18.6 Å². The van der Waals surface area contributed by atoms with Crippen LogP contribution in [0.3, 0.4) is 0 Å². The van der Waals surface area contributed by atoms with Crippen molar-refractivity contribution in [3.05, 3.63) is 35.4 Å². The van der Waals surface area contributed by atoms with Crippen molar-refractivity contribution >= 4 is 0 Å². The fourth-order valence-electron chi connectivity index (χ4n) is 2.46. The molecule has 1 aromatic rings. The minimum atomic E-state index is -0.418. The van der Waals surface area contributed by atoms with E-state index in [0.717, 1.165) is 18.5 Å². The smallest absolute Gasteiger partial charge is 0.128 e. The number of benzene rings is 1. The summed E-state index contributed by atoms with van der Waals surface area (Å²) in [5.41, 5.74) is 6.08. The van der Waals surface area contributed by atoms with Gasteiger partial charge in [0.05, 0.1) is 0 Å². The second kappa shape index (κ2) is 5.33. The van der Waals surface area contributed by atoms with E-state index in [1.54, 1.807) is 0 Å². The molecular weight excluding hydrogens is 234 g/mol. The zero-order valence-corrected chi connectivity index (χ0v) is 10.9. The molecule has 1 saturated carbocycles. The van der Waals surface area contributed by atoms with Crippen molar-refractivity contribution in [3.63, 3.8) is 0 Å². The van der Waals surface area contributed by atoms with E-state index in [9.17, 15) is 8.78 Å². The highest BCUT2D eigenvalue weighted by molar-refractivity contribution is 5.23. The molecule has 0 heterocycles. The van der Waals surface area contributed by atoms with E-state index >= 15 is 0 Å². The van der Waals surface area contributed by atoms with Crippen molar-refractivity contribution in [1.29, 1.82) is 0 Å². The molecule has 1 aliphatic rings. The molecular formula is C14H20F2N2. The minimum Gasteiger partial charge on any atom is -0.329 e. The molecule has 0 radical (unpaired) electrons. The quantitative estimate of drug-likeness (QED) is 0.875. The highest BCUT2D eigenvalue weighted by atomic mass is 19.1. The molecule has 0 bridgehead atoms. The summed E-state index contributed by atoms with van der Waals surface area (Å²) in [7, 11) is 1.92. The molecule has 2 nitrogen and oxygen atoms in total. The molecule has 0 aliphatic heterocycles. The van der Waals surface area contributed by atoms with Crippen LogP contribution in [0.15, 0.2) is 18.2 Å². The zero-order valence-electron chi connectivity index (χ0n) is 10.9. The van der Waals surface area contributed by atoms with Crippen molar-refractivity contribution in [3.8, 4) is 0 Å². The Bertz CT molecular complexity index is 422. The number of halogens is 2. The van der Waals surface area contributed by atoms with Gasteiger partial charge >= 0.3 is 0 Å². The van der Waals surface area contributed by atoms with Crippen LogP contribution in [0.1, 0.15) is 24.9 Å². The average molecular weight is 254 g/mol. The third-order valence-corrected chi connectivity index (χ3v) is 3.87. The summed E-state index contributed by atoms with van der Waals surface area (Å²) in [6.45, 7) is 3.38. The highest BCUT2D eigenvalue weighted by Crippen LogP contribution is 2.39. The largest absolute Gasteiger partial charge is 0.329 e. The zero-order chi connectivity index (χ0) is 13.3. The van der Waals surface area contributed by atoms with Crippen LogP contribution in [0.25, 0.3) is 0 Å². The van der Waals surface area contributed by atoms with Crippen LogP contribution in [-0.2, 0) is 0 Å². The number of hydrogen-bond donors (Lipinski definition) is 1. The molecule has 0 spiro atoms. The van der Waals surface area contributed by atoms with Crippen LogP contribution in [0, 0.1) is 23.5 Å². The molecule has 1 fully saturated rings. The molecule has 18 heavy (non-hydrogen) atoms. The normalized spacial score (nSPS) is 24.3. The lowest BCUT2D eigenvalue weighted by molar-refractivity contribution is 0.231. The van der Waals surface area contributed by atoms with Gasteiger partial charge < -0.3 is 5.73 Å². The van der Waals surface area contributed by atoms with E-state index in [4.69, 9.17) is 5.73 Å². The van der Waals surface area contributed by atoms with Gasteiger partial charge in [-0.1, -0.05) is 6.92 Å². The van der Waals surface area contributed by atoms with Crippen LogP contribution >= 0.6 is 0 Å². The van der Waals surface area contributed by atoms with Gasteiger partial charge in [0.25, 0.3) is 0 Å². The standard InChI is InChI=1S/C14H20F2N2/c1-9-5-10(9)8-18(2)14(7-17)12-6-11(15)3-4-13(12)16/h3-4,6,9-10,14H,5,7-8,17H2,1-2H3. The summed E-state index contributed by atoms with van der Waals surface area (Å²) in [5, 5.41) is 0. The summed E-state index contributed by atoms with van der Waals surface area (Å²) in [6, 6.07) is 3.30. The maximum absolute atomic E-state index is 13.7. The van der Waals surface area contributed by atoms with E-state index in [0.29, 0.717) is 11.5 Å². The summed E-state index contributed by atoms with van der Waals surface area (Å²) < 4.78 is 27.0. The number of nitrogens with two attached hydrogens (primary N) is 1. The SMILES string of the molecule is CC1CC1CN(C)C(CN)c1cc(F)ccc1F. The first kappa shape index (κ1) is 13.4. The maximum atomic E-state index is 13.7. The average Bonchev–Trinajstić information content (AvgIpc) is 3.00. The lowest BCUT2D eigenvalue weighted by atomic mass is 10.0. The molecule has 2 rings (SSSR count). The predicted molar refractivity (Wildman–Crippen MR) is 68.1 cm³/mol. The lowest BCUT2D eigenvalue weighted by Gasteiger charge is -2.27. The van der Waals surface area contributed by atoms with Crippen LogP contribution in [0.4, 0.5) is 8.78 Å². The number of nitrogens with zero attached hydrogens (tertiary/aromatic N) is 1. The molecule has 3 unspecified atom stereocenters. The van der Waals surface area contributed by atoms with E-state index in [1.807, 2.05) is 11.9 Å². The van der Waals surface area contributed by atoms with E-state index in [-0.39, 0.29) is 18.4 Å². The van der Waals surface area contributed by atoms with Crippen molar-refractivity contribution < 1.29 is 8.78 Å². The third kappa shape index (κ3) is 2.87. The summed E-state index contributed by atoms with van der Waals surface area (Å²) in [6.07, 6.45) is 1.22. The first-order valence-corrected chi connectivity index (χ1v) is 6.38. The molecule has 1 aliphatic carbocycles. The van der Waals surface area contributed by atoms with Gasteiger partial charge in [0.2, 0.25) is 0 Å². The van der Waals surface area contributed by atoms with Gasteiger partial charge in [-0.15, -0.1) is 0 Å².